The molecule has 0 spiro atoms. The second-order valence-corrected chi connectivity index (χ2v) is 6.96. The summed E-state index contributed by atoms with van der Waals surface area (Å²) in [7, 11) is 0. The largest absolute Gasteiger partial charge is 0.477 e. The van der Waals surface area contributed by atoms with Gasteiger partial charge in [-0.15, -0.1) is 0 Å². The fourth-order valence-corrected chi connectivity index (χ4v) is 3.66. The van der Waals surface area contributed by atoms with Crippen LogP contribution in [0.15, 0.2) is 16.1 Å². The van der Waals surface area contributed by atoms with Gasteiger partial charge in [0.25, 0.3) is 0 Å². The zero-order valence-corrected chi connectivity index (χ0v) is 16.5. The predicted octanol–water partition coefficient (Wildman–Crippen LogP) is 2.37. The normalized spacial score (nSPS) is 14.2. The van der Waals surface area contributed by atoms with Crippen molar-refractivity contribution in [2.45, 2.75) is 43.2 Å². The summed E-state index contributed by atoms with van der Waals surface area (Å²) in [6.45, 7) is 6.61. The minimum absolute atomic E-state index is 0.298. The first kappa shape index (κ1) is 19.3. The van der Waals surface area contributed by atoms with Gasteiger partial charge in [0.15, 0.2) is 5.16 Å². The van der Waals surface area contributed by atoms with Crippen LogP contribution in [0.25, 0.3) is 0 Å². The van der Waals surface area contributed by atoms with Gasteiger partial charge in [0.1, 0.15) is 16.5 Å². The van der Waals surface area contributed by atoms with Crippen molar-refractivity contribution < 1.29 is 9.47 Å². The molecule has 0 amide bonds. The molecule has 0 atom stereocenters. The Bertz CT molecular complexity index is 737. The molecule has 3 rings (SSSR count). The maximum atomic E-state index is 5.79. The lowest BCUT2D eigenvalue weighted by Gasteiger charge is -2.27. The average Bonchev–Trinajstić information content (AvgIpc) is 2.64. The molecule has 27 heavy (non-hydrogen) atoms. The van der Waals surface area contributed by atoms with Crippen molar-refractivity contribution in [3.8, 4) is 11.8 Å². The van der Waals surface area contributed by atoms with Gasteiger partial charge in [-0.3, -0.25) is 0 Å². The van der Waals surface area contributed by atoms with E-state index in [0.29, 0.717) is 52.6 Å². The first-order valence-electron chi connectivity index (χ1n) is 9.11. The molecule has 1 aliphatic heterocycles. The van der Waals surface area contributed by atoms with Crippen molar-refractivity contribution >= 4 is 29.3 Å². The maximum absolute atomic E-state index is 5.79. The fourth-order valence-electron chi connectivity index (χ4n) is 2.79. The number of anilines is 3. The summed E-state index contributed by atoms with van der Waals surface area (Å²) < 4.78 is 11.6. The summed E-state index contributed by atoms with van der Waals surface area (Å²) >= 11 is 1.23. The summed E-state index contributed by atoms with van der Waals surface area (Å²) in [5.74, 6) is 2.12. The second kappa shape index (κ2) is 8.94. The van der Waals surface area contributed by atoms with Gasteiger partial charge in [-0.05, 0) is 44.9 Å². The van der Waals surface area contributed by atoms with Gasteiger partial charge in [-0.25, -0.2) is 9.97 Å². The van der Waals surface area contributed by atoms with Crippen LogP contribution < -0.4 is 25.8 Å². The highest BCUT2D eigenvalue weighted by Crippen LogP contribution is 2.40. The molecule has 1 fully saturated rings. The summed E-state index contributed by atoms with van der Waals surface area (Å²) in [6, 6.07) is 1.51. The van der Waals surface area contributed by atoms with Gasteiger partial charge in [0, 0.05) is 19.2 Å². The van der Waals surface area contributed by atoms with Crippen LogP contribution in [-0.2, 0) is 0 Å². The van der Waals surface area contributed by atoms with E-state index in [2.05, 4.69) is 24.8 Å². The van der Waals surface area contributed by atoms with Crippen molar-refractivity contribution in [3.05, 3.63) is 6.07 Å². The standard InChI is InChI=1S/C17H25N7O2S/c1-3-25-14-13(27-17-20-11(18)10-12(19)21-17)15(26-4-2)23-16(22-14)24-8-6-5-7-9-24/h10H,3-9H2,1-2H3,(H4,18,19,20,21). The van der Waals surface area contributed by atoms with Crippen molar-refractivity contribution in [1.82, 2.24) is 19.9 Å². The topological polar surface area (TPSA) is 125 Å². The van der Waals surface area contributed by atoms with Crippen LogP contribution in [0, 0.1) is 0 Å². The van der Waals surface area contributed by atoms with Gasteiger partial charge in [0.05, 0.1) is 13.2 Å². The van der Waals surface area contributed by atoms with E-state index < -0.39 is 0 Å². The molecule has 3 heterocycles. The van der Waals surface area contributed by atoms with Gasteiger partial charge < -0.3 is 25.8 Å². The molecule has 146 valence electrons. The Morgan fingerprint density at radius 1 is 0.926 bits per heavy atom. The molecule has 9 nitrogen and oxygen atoms in total. The van der Waals surface area contributed by atoms with Crippen LogP contribution in [0.1, 0.15) is 33.1 Å². The van der Waals surface area contributed by atoms with Gasteiger partial charge >= 0.3 is 0 Å². The Kier molecular flexibility index (Phi) is 6.38. The fraction of sp³-hybridized carbons (Fsp3) is 0.529. The van der Waals surface area contributed by atoms with E-state index in [4.69, 9.17) is 20.9 Å². The highest BCUT2D eigenvalue weighted by Gasteiger charge is 2.23. The summed E-state index contributed by atoms with van der Waals surface area (Å²) in [5, 5.41) is 0.392. The lowest BCUT2D eigenvalue weighted by atomic mass is 10.1. The minimum atomic E-state index is 0.298. The van der Waals surface area contributed by atoms with E-state index in [1.54, 1.807) is 0 Å². The molecule has 0 aromatic carbocycles. The van der Waals surface area contributed by atoms with Crippen molar-refractivity contribution in [1.29, 1.82) is 0 Å². The number of nitrogen functional groups attached to an aromatic ring is 2. The number of ether oxygens (including phenoxy) is 2. The predicted molar refractivity (Wildman–Crippen MR) is 105 cm³/mol. The van der Waals surface area contributed by atoms with Gasteiger partial charge in [0.2, 0.25) is 17.7 Å². The Hall–Kier alpha value is -2.49. The first-order chi connectivity index (χ1) is 13.1. The number of nitrogens with two attached hydrogens (primary N) is 2. The molecule has 0 saturated carbocycles. The van der Waals surface area contributed by atoms with Crippen LogP contribution in [0.2, 0.25) is 0 Å². The molecular formula is C17H25N7O2S. The maximum Gasteiger partial charge on any atom is 0.236 e. The summed E-state index contributed by atoms with van der Waals surface area (Å²) in [5.41, 5.74) is 11.6. The lowest BCUT2D eigenvalue weighted by Crippen LogP contribution is -2.31. The van der Waals surface area contributed by atoms with Crippen LogP contribution in [0.3, 0.4) is 0 Å². The van der Waals surface area contributed by atoms with Crippen LogP contribution in [0.4, 0.5) is 17.6 Å². The highest BCUT2D eigenvalue weighted by molar-refractivity contribution is 7.99. The van der Waals surface area contributed by atoms with Crippen LogP contribution in [-0.4, -0.2) is 46.2 Å². The third kappa shape index (κ3) is 4.82. The Balaban J connectivity index is 2.01. The number of hydrogen-bond donors (Lipinski definition) is 2. The molecule has 0 radical (unpaired) electrons. The van der Waals surface area contributed by atoms with Crippen LogP contribution in [0.5, 0.6) is 11.8 Å². The quantitative estimate of drug-likeness (QED) is 0.679. The summed E-state index contributed by atoms with van der Waals surface area (Å²) in [4.78, 5) is 20.5. The van der Waals surface area contributed by atoms with E-state index in [1.165, 1.54) is 24.2 Å². The summed E-state index contributed by atoms with van der Waals surface area (Å²) in [6.07, 6.45) is 3.49. The van der Waals surface area contributed by atoms with E-state index in [1.807, 2.05) is 13.8 Å². The van der Waals surface area contributed by atoms with Crippen LogP contribution >= 0.6 is 11.8 Å². The molecule has 1 aliphatic rings. The Labute approximate surface area is 162 Å². The number of aromatic nitrogens is 4. The molecule has 2 aromatic rings. The monoisotopic (exact) mass is 391 g/mol. The second-order valence-electron chi connectivity index (χ2n) is 5.98. The zero-order chi connectivity index (χ0) is 19.2. The molecule has 2 aromatic heterocycles. The molecule has 0 bridgehead atoms. The number of hydrogen-bond acceptors (Lipinski definition) is 10. The molecular weight excluding hydrogens is 366 g/mol. The molecule has 4 N–H and O–H groups in total. The molecule has 10 heteroatoms. The molecule has 1 saturated heterocycles. The van der Waals surface area contributed by atoms with E-state index in [-0.39, 0.29) is 0 Å². The Morgan fingerprint density at radius 2 is 1.48 bits per heavy atom. The highest BCUT2D eigenvalue weighted by atomic mass is 32.2. The molecule has 0 unspecified atom stereocenters. The van der Waals surface area contributed by atoms with Crippen molar-refractivity contribution in [2.75, 3.05) is 42.7 Å². The van der Waals surface area contributed by atoms with E-state index >= 15 is 0 Å². The lowest BCUT2D eigenvalue weighted by molar-refractivity contribution is 0.289. The number of nitrogens with zero attached hydrogens (tertiary/aromatic N) is 5. The third-order valence-electron chi connectivity index (χ3n) is 3.93. The van der Waals surface area contributed by atoms with Crippen molar-refractivity contribution in [2.24, 2.45) is 0 Å². The number of rotatable bonds is 7. The average molecular weight is 392 g/mol. The SMILES string of the molecule is CCOc1nc(N2CCCCC2)nc(OCC)c1Sc1nc(N)cc(N)n1. The van der Waals surface area contributed by atoms with E-state index in [0.717, 1.165) is 25.9 Å². The smallest absolute Gasteiger partial charge is 0.236 e. The molecule has 0 aliphatic carbocycles. The van der Waals surface area contributed by atoms with E-state index in [9.17, 15) is 0 Å². The third-order valence-corrected chi connectivity index (χ3v) is 4.85. The zero-order valence-electron chi connectivity index (χ0n) is 15.6. The van der Waals surface area contributed by atoms with Crippen molar-refractivity contribution in [3.63, 3.8) is 0 Å². The van der Waals surface area contributed by atoms with Gasteiger partial charge in [-0.1, -0.05) is 0 Å². The van der Waals surface area contributed by atoms with Gasteiger partial charge in [-0.2, -0.15) is 9.97 Å². The minimum Gasteiger partial charge on any atom is -0.477 e. The first-order valence-corrected chi connectivity index (χ1v) is 9.92. The Morgan fingerprint density at radius 3 is 2.00 bits per heavy atom. The number of piperidine rings is 1.